The predicted molar refractivity (Wildman–Crippen MR) is 70.8 cm³/mol. The van der Waals surface area contributed by atoms with Gasteiger partial charge in [0, 0.05) is 18.4 Å². The van der Waals surface area contributed by atoms with Crippen LogP contribution in [0, 0.1) is 13.8 Å². The molecule has 2 rings (SSSR count). The Morgan fingerprint density at radius 3 is 2.24 bits per heavy atom. The molecule has 0 radical (unpaired) electrons. The lowest BCUT2D eigenvalue weighted by molar-refractivity contribution is 0.719. The lowest BCUT2D eigenvalue weighted by atomic mass is 9.97. The first-order chi connectivity index (χ1) is 8.15. The van der Waals surface area contributed by atoms with Crippen molar-refractivity contribution in [2.24, 2.45) is 5.73 Å². The van der Waals surface area contributed by atoms with Gasteiger partial charge in [0.25, 0.3) is 0 Å². The predicted octanol–water partition coefficient (Wildman–Crippen LogP) is 2.94. The average Bonchev–Trinajstić information content (AvgIpc) is 2.29. The highest BCUT2D eigenvalue weighted by Crippen LogP contribution is 2.18. The fourth-order valence-corrected chi connectivity index (χ4v) is 2.11. The van der Waals surface area contributed by atoms with Crippen LogP contribution in [0.15, 0.2) is 42.7 Å². The van der Waals surface area contributed by atoms with E-state index in [-0.39, 0.29) is 6.04 Å². The maximum Gasteiger partial charge on any atom is 0.0335 e. The normalized spacial score (nSPS) is 12.4. The molecule has 0 saturated carbocycles. The first kappa shape index (κ1) is 11.8. The van der Waals surface area contributed by atoms with Gasteiger partial charge in [-0.15, -0.1) is 0 Å². The summed E-state index contributed by atoms with van der Waals surface area (Å²) in [7, 11) is 0. The molecule has 1 aromatic heterocycles. The Bertz CT molecular complexity index is 471. The summed E-state index contributed by atoms with van der Waals surface area (Å²) in [5, 5.41) is 0. The summed E-state index contributed by atoms with van der Waals surface area (Å²) in [5.74, 6) is 0. The second kappa shape index (κ2) is 5.11. The molecule has 0 saturated heterocycles. The van der Waals surface area contributed by atoms with Crippen molar-refractivity contribution < 1.29 is 0 Å². The quantitative estimate of drug-likeness (QED) is 0.874. The first-order valence-electron chi connectivity index (χ1n) is 5.88. The van der Waals surface area contributed by atoms with Gasteiger partial charge in [-0.25, -0.2) is 0 Å². The molecule has 2 aromatic rings. The number of nitrogens with zero attached hydrogens (tertiary/aromatic N) is 1. The van der Waals surface area contributed by atoms with Crippen molar-refractivity contribution in [1.82, 2.24) is 4.98 Å². The van der Waals surface area contributed by atoms with Crippen LogP contribution in [0.3, 0.4) is 0 Å². The zero-order chi connectivity index (χ0) is 12.3. The van der Waals surface area contributed by atoms with Gasteiger partial charge >= 0.3 is 0 Å². The van der Waals surface area contributed by atoms with Gasteiger partial charge in [0.1, 0.15) is 0 Å². The van der Waals surface area contributed by atoms with Gasteiger partial charge in [0.2, 0.25) is 0 Å². The molecule has 0 aliphatic carbocycles. The minimum absolute atomic E-state index is 0.0519. The summed E-state index contributed by atoms with van der Waals surface area (Å²) in [4.78, 5) is 4.01. The Labute approximate surface area is 103 Å². The molecule has 0 aliphatic rings. The molecule has 0 fully saturated rings. The van der Waals surface area contributed by atoms with Gasteiger partial charge in [-0.3, -0.25) is 4.98 Å². The largest absolute Gasteiger partial charge is 0.324 e. The third-order valence-electron chi connectivity index (χ3n) is 2.88. The van der Waals surface area contributed by atoms with Crippen molar-refractivity contribution in [3.63, 3.8) is 0 Å². The second-order valence-electron chi connectivity index (χ2n) is 4.59. The van der Waals surface area contributed by atoms with Crippen molar-refractivity contribution in [2.45, 2.75) is 26.3 Å². The molecule has 0 aliphatic heterocycles. The van der Waals surface area contributed by atoms with E-state index in [0.29, 0.717) is 0 Å². The van der Waals surface area contributed by atoms with Gasteiger partial charge in [-0.2, -0.15) is 0 Å². The number of aryl methyl sites for hydroxylation is 2. The van der Waals surface area contributed by atoms with Crippen LogP contribution >= 0.6 is 0 Å². The molecule has 2 heteroatoms. The van der Waals surface area contributed by atoms with Crippen molar-refractivity contribution in [2.75, 3.05) is 0 Å². The SMILES string of the molecule is Cc1cc(C)cc(C(N)Cc2ccncc2)c1. The fraction of sp³-hybridized carbons (Fsp3) is 0.267. The molecular formula is C15H18N2. The lowest BCUT2D eigenvalue weighted by Gasteiger charge is -2.13. The number of nitrogens with two attached hydrogens (primary N) is 1. The Kier molecular flexibility index (Phi) is 3.55. The van der Waals surface area contributed by atoms with E-state index in [1.165, 1.54) is 22.3 Å². The molecule has 2 N–H and O–H groups in total. The van der Waals surface area contributed by atoms with E-state index in [2.05, 4.69) is 37.0 Å². The topological polar surface area (TPSA) is 38.9 Å². The van der Waals surface area contributed by atoms with E-state index in [0.717, 1.165) is 6.42 Å². The van der Waals surface area contributed by atoms with E-state index in [4.69, 9.17) is 5.73 Å². The Morgan fingerprint density at radius 2 is 1.65 bits per heavy atom. The summed E-state index contributed by atoms with van der Waals surface area (Å²) in [6.07, 6.45) is 4.47. The standard InChI is InChI=1S/C15H18N2/c1-11-7-12(2)9-14(8-11)15(16)10-13-3-5-17-6-4-13/h3-9,15H,10,16H2,1-2H3. The molecule has 1 aromatic carbocycles. The minimum atomic E-state index is 0.0519. The van der Waals surface area contributed by atoms with Crippen LogP contribution in [0.25, 0.3) is 0 Å². The van der Waals surface area contributed by atoms with Gasteiger partial charge in [0.05, 0.1) is 0 Å². The first-order valence-corrected chi connectivity index (χ1v) is 5.88. The van der Waals surface area contributed by atoms with E-state index >= 15 is 0 Å². The van der Waals surface area contributed by atoms with E-state index in [1.54, 1.807) is 0 Å². The molecular weight excluding hydrogens is 208 g/mol. The molecule has 2 nitrogen and oxygen atoms in total. The summed E-state index contributed by atoms with van der Waals surface area (Å²) in [6, 6.07) is 10.6. The van der Waals surface area contributed by atoms with Crippen LogP contribution in [0.5, 0.6) is 0 Å². The molecule has 1 heterocycles. The van der Waals surface area contributed by atoms with Gasteiger partial charge in [-0.05, 0) is 43.5 Å². The van der Waals surface area contributed by atoms with Crippen LogP contribution in [-0.2, 0) is 6.42 Å². The number of hydrogen-bond acceptors (Lipinski definition) is 2. The van der Waals surface area contributed by atoms with E-state index in [1.807, 2.05) is 24.5 Å². The Hall–Kier alpha value is -1.67. The second-order valence-corrected chi connectivity index (χ2v) is 4.59. The molecule has 0 bridgehead atoms. The highest BCUT2D eigenvalue weighted by Gasteiger charge is 2.07. The van der Waals surface area contributed by atoms with Crippen molar-refractivity contribution in [1.29, 1.82) is 0 Å². The van der Waals surface area contributed by atoms with Gasteiger partial charge in [0.15, 0.2) is 0 Å². The third kappa shape index (κ3) is 3.14. The van der Waals surface area contributed by atoms with Crippen molar-refractivity contribution >= 4 is 0 Å². The Balaban J connectivity index is 2.17. The number of rotatable bonds is 3. The molecule has 17 heavy (non-hydrogen) atoms. The smallest absolute Gasteiger partial charge is 0.0335 e. The van der Waals surface area contributed by atoms with Gasteiger partial charge in [-0.1, -0.05) is 29.3 Å². The Morgan fingerprint density at radius 1 is 1.06 bits per heavy atom. The molecule has 0 amide bonds. The summed E-state index contributed by atoms with van der Waals surface area (Å²) in [6.45, 7) is 4.21. The van der Waals surface area contributed by atoms with Crippen LogP contribution < -0.4 is 5.73 Å². The van der Waals surface area contributed by atoms with Gasteiger partial charge < -0.3 is 5.73 Å². The third-order valence-corrected chi connectivity index (χ3v) is 2.88. The van der Waals surface area contributed by atoms with E-state index < -0.39 is 0 Å². The molecule has 1 atom stereocenters. The molecule has 1 unspecified atom stereocenters. The fourth-order valence-electron chi connectivity index (χ4n) is 2.11. The van der Waals surface area contributed by atoms with Crippen molar-refractivity contribution in [3.8, 4) is 0 Å². The number of hydrogen-bond donors (Lipinski definition) is 1. The monoisotopic (exact) mass is 226 g/mol. The maximum atomic E-state index is 6.24. The number of benzene rings is 1. The van der Waals surface area contributed by atoms with Crippen LogP contribution in [0.2, 0.25) is 0 Å². The molecule has 88 valence electrons. The molecule has 0 spiro atoms. The zero-order valence-electron chi connectivity index (χ0n) is 10.4. The zero-order valence-corrected chi connectivity index (χ0v) is 10.4. The number of pyridine rings is 1. The van der Waals surface area contributed by atoms with Crippen LogP contribution in [0.4, 0.5) is 0 Å². The minimum Gasteiger partial charge on any atom is -0.324 e. The van der Waals surface area contributed by atoms with Crippen LogP contribution in [0.1, 0.15) is 28.3 Å². The lowest BCUT2D eigenvalue weighted by Crippen LogP contribution is -2.13. The summed E-state index contributed by atoms with van der Waals surface area (Å²) < 4.78 is 0. The maximum absolute atomic E-state index is 6.24. The summed E-state index contributed by atoms with van der Waals surface area (Å²) in [5.41, 5.74) is 11.2. The highest BCUT2D eigenvalue weighted by atomic mass is 14.6. The average molecular weight is 226 g/mol. The van der Waals surface area contributed by atoms with Crippen LogP contribution in [-0.4, -0.2) is 4.98 Å². The van der Waals surface area contributed by atoms with Crippen molar-refractivity contribution in [3.05, 3.63) is 65.0 Å². The summed E-state index contributed by atoms with van der Waals surface area (Å²) >= 11 is 0. The number of aromatic nitrogens is 1. The highest BCUT2D eigenvalue weighted by molar-refractivity contribution is 5.31. The van der Waals surface area contributed by atoms with E-state index in [9.17, 15) is 0 Å².